The third-order valence-electron chi connectivity index (χ3n) is 3.04. The Balaban J connectivity index is 2.04. The van der Waals surface area contributed by atoms with Crippen LogP contribution in [0.4, 0.5) is 0 Å². The quantitative estimate of drug-likeness (QED) is 0.787. The van der Waals surface area contributed by atoms with Crippen molar-refractivity contribution >= 4 is 11.3 Å². The van der Waals surface area contributed by atoms with E-state index in [2.05, 4.69) is 15.7 Å². The molecule has 2 heterocycles. The summed E-state index contributed by atoms with van der Waals surface area (Å²) in [5.74, 6) is 0. The predicted molar refractivity (Wildman–Crippen MR) is 57.4 cm³/mol. The van der Waals surface area contributed by atoms with Gasteiger partial charge in [0.25, 0.3) is 0 Å². The van der Waals surface area contributed by atoms with Gasteiger partial charge in [-0.2, -0.15) is 0 Å². The average Bonchev–Trinajstić information content (AvgIpc) is 2.72. The fraction of sp³-hybridized carbons (Fsp3) is 0.700. The molecule has 78 valence electrons. The predicted octanol–water partition coefficient (Wildman–Crippen LogP) is 1.05. The number of aliphatic hydroxyl groups is 1. The fourth-order valence-electron chi connectivity index (χ4n) is 2.06. The van der Waals surface area contributed by atoms with E-state index in [0.717, 1.165) is 38.0 Å². The molecule has 0 radical (unpaired) electrons. The van der Waals surface area contributed by atoms with Crippen LogP contribution in [0.2, 0.25) is 0 Å². The van der Waals surface area contributed by atoms with E-state index in [-0.39, 0.29) is 12.0 Å². The summed E-state index contributed by atoms with van der Waals surface area (Å²) in [4.78, 5) is 4.29. The Morgan fingerprint density at radius 2 is 2.29 bits per heavy atom. The van der Waals surface area contributed by atoms with E-state index in [4.69, 9.17) is 0 Å². The lowest BCUT2D eigenvalue weighted by molar-refractivity contribution is 0.0885. The van der Waals surface area contributed by atoms with Gasteiger partial charge in [-0.3, -0.25) is 0 Å². The van der Waals surface area contributed by atoms with Crippen LogP contribution in [-0.4, -0.2) is 29.8 Å². The molecule has 0 saturated carbocycles. The largest absolute Gasteiger partial charge is 0.396 e. The van der Waals surface area contributed by atoms with E-state index in [0.29, 0.717) is 0 Å². The van der Waals surface area contributed by atoms with Gasteiger partial charge >= 0.3 is 0 Å². The topological polar surface area (TPSA) is 45.2 Å². The maximum absolute atomic E-state index is 9.49. The van der Waals surface area contributed by atoms with Crippen LogP contribution in [0.1, 0.15) is 18.5 Å². The van der Waals surface area contributed by atoms with E-state index >= 15 is 0 Å². The van der Waals surface area contributed by atoms with Gasteiger partial charge < -0.3 is 10.4 Å². The van der Waals surface area contributed by atoms with Crippen molar-refractivity contribution in [3.63, 3.8) is 0 Å². The minimum Gasteiger partial charge on any atom is -0.396 e. The molecule has 3 nitrogen and oxygen atoms in total. The summed E-state index contributed by atoms with van der Waals surface area (Å²) in [6, 6.07) is 0. The highest BCUT2D eigenvalue weighted by atomic mass is 32.1. The van der Waals surface area contributed by atoms with Crippen LogP contribution in [0.5, 0.6) is 0 Å². The highest BCUT2D eigenvalue weighted by molar-refractivity contribution is 7.07. The first-order valence-electron chi connectivity index (χ1n) is 5.03. The third-order valence-corrected chi connectivity index (χ3v) is 3.67. The molecule has 1 saturated heterocycles. The lowest BCUT2D eigenvalue weighted by atomic mass is 9.76. The normalized spacial score (nSPS) is 20.9. The maximum Gasteiger partial charge on any atom is 0.0794 e. The maximum atomic E-state index is 9.49. The molecule has 0 bridgehead atoms. The van der Waals surface area contributed by atoms with Crippen molar-refractivity contribution in [3.05, 3.63) is 16.6 Å². The monoisotopic (exact) mass is 212 g/mol. The zero-order valence-corrected chi connectivity index (χ0v) is 9.02. The summed E-state index contributed by atoms with van der Waals surface area (Å²) in [7, 11) is 0. The summed E-state index contributed by atoms with van der Waals surface area (Å²) in [5, 5.41) is 14.9. The fourth-order valence-corrected chi connectivity index (χ4v) is 2.62. The van der Waals surface area contributed by atoms with Crippen molar-refractivity contribution in [1.82, 2.24) is 10.3 Å². The van der Waals surface area contributed by atoms with Gasteiger partial charge in [-0.15, -0.1) is 11.3 Å². The number of thiazole rings is 1. The van der Waals surface area contributed by atoms with E-state index in [1.807, 2.05) is 5.51 Å². The van der Waals surface area contributed by atoms with Gasteiger partial charge in [0.15, 0.2) is 0 Å². The van der Waals surface area contributed by atoms with E-state index < -0.39 is 0 Å². The Bertz CT molecular complexity index is 268. The minimum absolute atomic E-state index is 0.0827. The van der Waals surface area contributed by atoms with Gasteiger partial charge in [0.05, 0.1) is 11.2 Å². The van der Waals surface area contributed by atoms with Crippen LogP contribution in [0.25, 0.3) is 0 Å². The molecule has 1 aliphatic rings. The van der Waals surface area contributed by atoms with Crippen molar-refractivity contribution < 1.29 is 5.11 Å². The molecule has 1 aliphatic heterocycles. The van der Waals surface area contributed by atoms with Crippen LogP contribution in [0, 0.1) is 5.41 Å². The van der Waals surface area contributed by atoms with Crippen molar-refractivity contribution in [3.8, 4) is 0 Å². The summed E-state index contributed by atoms with van der Waals surface area (Å²) in [6.07, 6.45) is 3.04. The number of hydrogen-bond acceptors (Lipinski definition) is 4. The first kappa shape index (κ1) is 10.1. The van der Waals surface area contributed by atoms with Crippen LogP contribution < -0.4 is 5.32 Å². The van der Waals surface area contributed by atoms with Crippen LogP contribution in [-0.2, 0) is 6.42 Å². The molecule has 0 unspecified atom stereocenters. The van der Waals surface area contributed by atoms with Crippen LogP contribution in [0.3, 0.4) is 0 Å². The Labute approximate surface area is 88.2 Å². The lowest BCUT2D eigenvalue weighted by Gasteiger charge is -2.35. The van der Waals surface area contributed by atoms with Crippen LogP contribution >= 0.6 is 11.3 Å². The molecule has 1 aromatic rings. The summed E-state index contributed by atoms with van der Waals surface area (Å²) < 4.78 is 0. The first-order valence-corrected chi connectivity index (χ1v) is 5.98. The molecule has 2 N–H and O–H groups in total. The molecule has 0 spiro atoms. The molecule has 1 fully saturated rings. The van der Waals surface area contributed by atoms with Gasteiger partial charge in [-0.25, -0.2) is 4.98 Å². The average molecular weight is 212 g/mol. The Hall–Kier alpha value is -0.450. The van der Waals surface area contributed by atoms with Gasteiger partial charge in [-0.05, 0) is 32.4 Å². The molecule has 0 aliphatic carbocycles. The zero-order valence-electron chi connectivity index (χ0n) is 8.20. The minimum atomic E-state index is 0.0827. The summed E-state index contributed by atoms with van der Waals surface area (Å²) >= 11 is 1.63. The number of nitrogens with one attached hydrogen (secondary N) is 1. The molecule has 2 rings (SSSR count). The van der Waals surface area contributed by atoms with E-state index in [9.17, 15) is 5.11 Å². The zero-order chi connectivity index (χ0) is 9.86. The van der Waals surface area contributed by atoms with Crippen molar-refractivity contribution in [2.24, 2.45) is 5.41 Å². The summed E-state index contributed by atoms with van der Waals surface area (Å²) in [6.45, 7) is 2.32. The second-order valence-corrected chi connectivity index (χ2v) is 4.78. The van der Waals surface area contributed by atoms with Crippen molar-refractivity contribution in [2.45, 2.75) is 19.3 Å². The Morgan fingerprint density at radius 1 is 1.50 bits per heavy atom. The highest BCUT2D eigenvalue weighted by Gasteiger charge is 2.31. The number of piperidine rings is 1. The van der Waals surface area contributed by atoms with Gasteiger partial charge in [-0.1, -0.05) is 0 Å². The Morgan fingerprint density at radius 3 is 2.86 bits per heavy atom. The molecule has 0 amide bonds. The van der Waals surface area contributed by atoms with Gasteiger partial charge in [0.2, 0.25) is 0 Å². The number of aromatic nitrogens is 1. The molecular formula is C10H16N2OS. The van der Waals surface area contributed by atoms with Crippen molar-refractivity contribution in [1.29, 1.82) is 0 Å². The number of hydrogen-bond donors (Lipinski definition) is 2. The van der Waals surface area contributed by atoms with E-state index in [1.54, 1.807) is 11.3 Å². The van der Waals surface area contributed by atoms with Gasteiger partial charge in [0.1, 0.15) is 0 Å². The molecule has 1 aromatic heterocycles. The lowest BCUT2D eigenvalue weighted by Crippen LogP contribution is -2.40. The molecule has 0 atom stereocenters. The number of aliphatic hydroxyl groups excluding tert-OH is 1. The second kappa shape index (κ2) is 4.38. The molecular weight excluding hydrogens is 196 g/mol. The Kier molecular flexibility index (Phi) is 3.15. The smallest absolute Gasteiger partial charge is 0.0794 e. The highest BCUT2D eigenvalue weighted by Crippen LogP contribution is 2.32. The first-order chi connectivity index (χ1) is 6.85. The van der Waals surface area contributed by atoms with E-state index in [1.165, 1.54) is 0 Å². The van der Waals surface area contributed by atoms with Crippen LogP contribution in [0.15, 0.2) is 10.9 Å². The van der Waals surface area contributed by atoms with Crippen molar-refractivity contribution in [2.75, 3.05) is 19.7 Å². The third kappa shape index (κ3) is 2.13. The summed E-state index contributed by atoms with van der Waals surface area (Å²) in [5.41, 5.74) is 3.08. The SMILES string of the molecule is OCC1(Cc2cscn2)CCNCC1. The molecule has 4 heteroatoms. The number of nitrogens with zero attached hydrogens (tertiary/aromatic N) is 1. The van der Waals surface area contributed by atoms with Gasteiger partial charge in [0, 0.05) is 17.4 Å². The molecule has 14 heavy (non-hydrogen) atoms. The second-order valence-electron chi connectivity index (χ2n) is 4.06. The molecule has 0 aromatic carbocycles. The standard InChI is InChI=1S/C10H16N2OS/c13-7-10(1-3-11-4-2-10)5-9-6-14-8-12-9/h6,8,11,13H,1-5,7H2. The number of rotatable bonds is 3.